The van der Waals surface area contributed by atoms with Crippen molar-refractivity contribution in [1.29, 1.82) is 63.1 Å². The molecule has 136 heavy (non-hydrogen) atoms. The van der Waals surface area contributed by atoms with Gasteiger partial charge in [0.2, 0.25) is 0 Å². The monoisotopic (exact) mass is 1880 g/mol. The molecule has 0 radical (unpaired) electrons. The number of piperazine rings is 9. The molecule has 9 heterocycles. The highest BCUT2D eigenvalue weighted by Crippen LogP contribution is 2.32. The Morgan fingerprint density at radius 3 is 1.10 bits per heavy atom. The molecule has 0 saturated carbocycles. The molecule has 9 fully saturated rings. The van der Waals surface area contributed by atoms with Crippen LogP contribution < -0.4 is 0 Å². The Bertz CT molecular complexity index is 4340. The molecular formula is C97H128F8N30O. The molecule has 10 rings (SSSR count). The van der Waals surface area contributed by atoms with E-state index in [9.17, 15) is 35.1 Å². The van der Waals surface area contributed by atoms with Crippen LogP contribution in [-0.2, 0) is 4.74 Å². The average molecular weight is 1880 g/mol. The number of nitrogens with zero attached hydrogens (tertiary/aromatic N) is 30. The summed E-state index contributed by atoms with van der Waals surface area (Å²) in [7, 11) is 0. The lowest BCUT2D eigenvalue weighted by atomic mass is 9.95. The van der Waals surface area contributed by atoms with Gasteiger partial charge in [-0.15, -0.1) is 51.4 Å². The van der Waals surface area contributed by atoms with Crippen LogP contribution in [0.5, 0.6) is 0 Å². The number of alkyl halides is 8. The number of terminal acetylenes is 8. The van der Waals surface area contributed by atoms with Gasteiger partial charge >= 0.3 is 12.4 Å². The Hall–Kier alpha value is -11.7. The Balaban J connectivity index is 0.000000519. The minimum Gasteiger partial charge on any atom is -0.352 e. The molecule has 0 aromatic heterocycles. The van der Waals surface area contributed by atoms with Crippen LogP contribution in [0.25, 0.3) is 0 Å². The van der Waals surface area contributed by atoms with E-state index in [1.54, 1.807) is 15.9 Å². The number of benzene rings is 1. The molecule has 1 aromatic carbocycles. The van der Waals surface area contributed by atoms with Crippen LogP contribution in [0.1, 0.15) is 52.1 Å². The molecule has 10 atom stereocenters. The summed E-state index contributed by atoms with van der Waals surface area (Å²) in [6.45, 7) is 33.6. The molecule has 9 aliphatic rings. The molecule has 10 unspecified atom stereocenters. The third kappa shape index (κ3) is 46.2. The quantitative estimate of drug-likeness (QED) is 0.0646. The third-order valence-corrected chi connectivity index (χ3v) is 23.8. The number of halogens is 8. The highest BCUT2D eigenvalue weighted by molar-refractivity contribution is 5.23. The number of rotatable bonds is 23. The molecular weight excluding hydrogens is 1750 g/mol. The summed E-state index contributed by atoms with van der Waals surface area (Å²) in [5.74, 6) is 20.1. The molecule has 9 aliphatic heterocycles. The number of hydrogen-bond donors (Lipinski definition) is 0. The van der Waals surface area contributed by atoms with Gasteiger partial charge in [-0.2, -0.15) is 89.5 Å². The molecule has 39 heteroatoms. The van der Waals surface area contributed by atoms with Gasteiger partial charge in [0.15, 0.2) is 24.7 Å². The van der Waals surface area contributed by atoms with E-state index < -0.39 is 69.0 Å². The van der Waals surface area contributed by atoms with Crippen molar-refractivity contribution in [2.75, 3.05) is 288 Å². The lowest BCUT2D eigenvalue weighted by molar-refractivity contribution is -0.209. The number of ether oxygens (including phenoxy) is 1. The van der Waals surface area contributed by atoms with Crippen molar-refractivity contribution in [1.82, 2.24) is 88.2 Å². The van der Waals surface area contributed by atoms with Gasteiger partial charge in [-0.3, -0.25) is 88.2 Å². The molecule has 0 aliphatic carbocycles. The van der Waals surface area contributed by atoms with E-state index in [0.29, 0.717) is 142 Å². The average Bonchev–Trinajstić information content (AvgIpc) is 0.804. The van der Waals surface area contributed by atoms with Gasteiger partial charge in [-0.25, -0.2) is 8.78 Å². The summed E-state index contributed by atoms with van der Waals surface area (Å²) in [6, 6.07) is 33.8. The van der Waals surface area contributed by atoms with E-state index in [0.717, 1.165) is 141 Å². The lowest BCUT2D eigenvalue weighted by Crippen LogP contribution is -2.61. The van der Waals surface area contributed by atoms with Gasteiger partial charge in [0.05, 0.1) is 170 Å². The van der Waals surface area contributed by atoms with Crippen LogP contribution in [0.2, 0.25) is 0 Å². The van der Waals surface area contributed by atoms with E-state index in [1.807, 2.05) is 51.1 Å². The van der Waals surface area contributed by atoms with Crippen molar-refractivity contribution in [2.45, 2.75) is 120 Å². The van der Waals surface area contributed by atoms with Crippen molar-refractivity contribution < 1.29 is 39.9 Å². The maximum atomic E-state index is 13.5. The summed E-state index contributed by atoms with van der Waals surface area (Å²) in [5.41, 5.74) is 1.27. The van der Waals surface area contributed by atoms with Crippen LogP contribution in [0.3, 0.4) is 0 Å². The highest BCUT2D eigenvalue weighted by atomic mass is 19.4. The molecule has 0 N–H and O–H groups in total. The van der Waals surface area contributed by atoms with E-state index in [1.165, 1.54) is 10.5 Å². The van der Waals surface area contributed by atoms with Crippen LogP contribution >= 0.6 is 0 Å². The molecule has 9 saturated heterocycles. The first-order valence-electron chi connectivity index (χ1n) is 44.7. The SMILES string of the molecule is C#CC(C#N)N1CCN(C(C#N)C#N)CC1.C#CCN1CC(F)N(CC#N)CC1C(F)(F)F.C#CCN1CCN(CC#N)C(C)C1.C#CCN1CCN(CC#N)C(C)C1C.C#CCN1CCN(CC#N)C(C)C1c1ccccc1.C#CCN1CCN(CC#N)C(F)C1.C#CCN1CCN(CC#N)C(OCC(F)(F)F)C1.C#CCN1CCN(CC#N)CC1.N#CCCN1CCN(CCC#N)CC1. The second kappa shape index (κ2) is 70.0. The number of hydrogen-bond acceptors (Lipinski definition) is 31. The smallest absolute Gasteiger partial charge is 0.352 e. The van der Waals surface area contributed by atoms with Gasteiger partial charge in [0.25, 0.3) is 0 Å². The first-order chi connectivity index (χ1) is 65.4. The predicted molar refractivity (Wildman–Crippen MR) is 500 cm³/mol. The van der Waals surface area contributed by atoms with Gasteiger partial charge in [-0.05, 0) is 33.3 Å². The minimum absolute atomic E-state index is 0.0480. The van der Waals surface area contributed by atoms with Crippen molar-refractivity contribution in [2.24, 2.45) is 0 Å². The van der Waals surface area contributed by atoms with Gasteiger partial charge < -0.3 is 4.74 Å². The van der Waals surface area contributed by atoms with E-state index in [4.69, 9.17) is 119 Å². The fourth-order valence-electron chi connectivity index (χ4n) is 16.0. The molecule has 0 amide bonds. The number of nitriles is 12. The topological polar surface area (TPSA) is 353 Å². The zero-order chi connectivity index (χ0) is 101. The third-order valence-electron chi connectivity index (χ3n) is 23.8. The van der Waals surface area contributed by atoms with Crippen LogP contribution in [-0.4, -0.2) is 450 Å². The molecule has 728 valence electrons. The molecule has 1 aromatic rings. The van der Waals surface area contributed by atoms with Crippen molar-refractivity contribution in [3.05, 3.63) is 35.9 Å². The van der Waals surface area contributed by atoms with Crippen LogP contribution in [0.15, 0.2) is 30.3 Å². The first kappa shape index (κ1) is 120. The Morgan fingerprint density at radius 2 is 0.676 bits per heavy atom. The fraction of sp³-hybridized carbons (Fsp3) is 0.649. The zero-order valence-electron chi connectivity index (χ0n) is 78.7. The molecule has 0 spiro atoms. The summed E-state index contributed by atoms with van der Waals surface area (Å²) in [6.07, 6.45) is 30.7. The lowest BCUT2D eigenvalue weighted by Gasteiger charge is -2.45. The highest BCUT2D eigenvalue weighted by Gasteiger charge is 2.49. The van der Waals surface area contributed by atoms with E-state index in [2.05, 4.69) is 185 Å². The largest absolute Gasteiger partial charge is 0.411 e. The summed E-state index contributed by atoms with van der Waals surface area (Å²) >= 11 is 0. The van der Waals surface area contributed by atoms with Crippen LogP contribution in [0, 0.1) is 235 Å². The van der Waals surface area contributed by atoms with Gasteiger partial charge in [0, 0.05) is 227 Å². The van der Waals surface area contributed by atoms with E-state index >= 15 is 0 Å². The maximum absolute atomic E-state index is 13.5. The maximum Gasteiger partial charge on any atom is 0.411 e. The standard InChI is InChI=1S/C16H19N3.C11H14F3N3O.C11H11N5.C11H17N3.C10H11F4N3.C10H16N4.C10H15N3.C9H12FN3.C9H13N3/c1-3-10-19-13-12-18(11-9-17)14(2)16(19)15-7-5-4-6-8-15;1-2-4-16-6-7-17(5-3-15)10(8-16)18-9-11(12,13)14;1-2-10(7-12)15-3-5-16(6-4-15)11(8-13)9-14;1-4-6-13-8-9-14(7-5-12)11(3)10(13)2;1-2-4-16-7-9(11)17(5-3-15)6-8(16)10(12,13)14;11-3-1-5-13-7-9-14(10-8-13)6-2-4-12;1-3-5-12-7-8-13(6-4-11)10(2)9-12;1-2-4-12-6-7-13(5-3-11)9(10)8-12;1-2-4-11-6-8-12(5-3-10)9-7-11/h1,4-8,14,16H,10-13H2,2H3;1,10H,4-9H2;1,10-11H,3-6H2;1,10-11H,6-9H2,2-3H3;1,8-9H,4-7H2;1-2,5-10H2;1,10H,5-9H2,2H3;1,9H,4-8H2;1H,4-9H2. The summed E-state index contributed by atoms with van der Waals surface area (Å²) in [4.78, 5) is 34.7. The van der Waals surface area contributed by atoms with Crippen molar-refractivity contribution in [3.8, 4) is 172 Å². The second-order valence-corrected chi connectivity index (χ2v) is 32.6. The Labute approximate surface area is 802 Å². The van der Waals surface area contributed by atoms with Crippen LogP contribution in [0.4, 0.5) is 35.1 Å². The summed E-state index contributed by atoms with van der Waals surface area (Å²) < 4.78 is 106. The molecule has 0 bridgehead atoms. The van der Waals surface area contributed by atoms with Crippen molar-refractivity contribution >= 4 is 0 Å². The predicted octanol–water partition coefficient (Wildman–Crippen LogP) is 4.02. The van der Waals surface area contributed by atoms with Crippen molar-refractivity contribution in [3.63, 3.8) is 0 Å². The van der Waals surface area contributed by atoms with E-state index in [-0.39, 0.29) is 38.8 Å². The normalized spacial score (nSPS) is 23.6. The first-order valence-corrected chi connectivity index (χ1v) is 44.7. The fourth-order valence-corrected chi connectivity index (χ4v) is 16.0. The Kier molecular flexibility index (Phi) is 61.9. The summed E-state index contributed by atoms with van der Waals surface area (Å²) in [5, 5.41) is 103. The Morgan fingerprint density at radius 1 is 0.331 bits per heavy atom. The van der Waals surface area contributed by atoms with Gasteiger partial charge in [0.1, 0.15) is 18.9 Å². The molecule has 31 nitrogen and oxygen atoms in total. The zero-order valence-corrected chi connectivity index (χ0v) is 78.7. The second-order valence-electron chi connectivity index (χ2n) is 32.6. The minimum atomic E-state index is -4.48. The van der Waals surface area contributed by atoms with Gasteiger partial charge in [-0.1, -0.05) is 77.7 Å².